The molecule has 1 heterocycles. The normalized spacial score (nSPS) is 12.6. The quantitative estimate of drug-likeness (QED) is 0.609. The van der Waals surface area contributed by atoms with Crippen LogP contribution < -0.4 is 11.1 Å². The second-order valence-corrected chi connectivity index (χ2v) is 5.59. The monoisotopic (exact) mass is 292 g/mol. The van der Waals surface area contributed by atoms with E-state index in [9.17, 15) is 0 Å². The van der Waals surface area contributed by atoms with Crippen molar-refractivity contribution < 1.29 is 0 Å². The maximum absolute atomic E-state index is 5.99. The van der Waals surface area contributed by atoms with Crippen molar-refractivity contribution in [2.24, 2.45) is 0 Å². The number of nitrogen functional groups attached to an aromatic ring is 1. The summed E-state index contributed by atoms with van der Waals surface area (Å²) in [7, 11) is 0. The number of anilines is 3. The van der Waals surface area contributed by atoms with Crippen LogP contribution in [0.3, 0.4) is 0 Å². The largest absolute Gasteiger partial charge is 0.397 e. The number of hydrogen-bond donors (Lipinski definition) is 2. The Morgan fingerprint density at radius 2 is 1.94 bits per heavy atom. The maximum atomic E-state index is 5.99. The summed E-state index contributed by atoms with van der Waals surface area (Å²) in [6, 6.07) is 12.2. The molecule has 0 saturated heterocycles. The molecule has 0 fully saturated rings. The molecule has 4 heteroatoms. The van der Waals surface area contributed by atoms with Gasteiger partial charge in [-0.2, -0.15) is 0 Å². The van der Waals surface area contributed by atoms with Crippen molar-refractivity contribution in [2.75, 3.05) is 11.1 Å². The third-order valence-corrected chi connectivity index (χ3v) is 4.04. The summed E-state index contributed by atoms with van der Waals surface area (Å²) in [5, 5.41) is 3.37. The summed E-state index contributed by atoms with van der Waals surface area (Å²) in [4.78, 5) is 2.39. The first-order valence-electron chi connectivity index (χ1n) is 4.87. The van der Waals surface area contributed by atoms with Crippen LogP contribution in [-0.2, 0) is 0 Å². The van der Waals surface area contributed by atoms with E-state index in [4.69, 9.17) is 5.73 Å². The minimum Gasteiger partial charge on any atom is -0.397 e. The number of fused-ring (bicyclic) bond motifs is 2. The lowest BCUT2D eigenvalue weighted by Gasteiger charge is -2.22. The highest BCUT2D eigenvalue weighted by atomic mass is 79.9. The van der Waals surface area contributed by atoms with Crippen molar-refractivity contribution in [1.29, 1.82) is 0 Å². The SMILES string of the molecule is Nc1cc(Br)cc2c1Nc1ccccc1S2. The highest BCUT2D eigenvalue weighted by Crippen LogP contribution is 2.47. The molecule has 0 radical (unpaired) electrons. The number of nitrogens with two attached hydrogens (primary N) is 1. The Hall–Kier alpha value is -1.13. The maximum Gasteiger partial charge on any atom is 0.0760 e. The Morgan fingerprint density at radius 3 is 2.81 bits per heavy atom. The van der Waals surface area contributed by atoms with Gasteiger partial charge in [0, 0.05) is 14.3 Å². The standard InChI is InChI=1S/C12H9BrN2S/c13-7-5-8(14)12-11(6-7)16-10-4-2-1-3-9(10)15-12/h1-6,15H,14H2. The summed E-state index contributed by atoms with van der Waals surface area (Å²) in [6.07, 6.45) is 0. The Labute approximate surface area is 106 Å². The molecule has 0 atom stereocenters. The molecule has 0 aromatic heterocycles. The number of nitrogens with one attached hydrogen (secondary N) is 1. The molecule has 0 saturated carbocycles. The minimum absolute atomic E-state index is 0.770. The Balaban J connectivity index is 2.15. The van der Waals surface area contributed by atoms with Gasteiger partial charge in [0.1, 0.15) is 0 Å². The van der Waals surface area contributed by atoms with Gasteiger partial charge in [0.2, 0.25) is 0 Å². The van der Waals surface area contributed by atoms with E-state index in [1.54, 1.807) is 11.8 Å². The van der Waals surface area contributed by atoms with Gasteiger partial charge in [0.05, 0.1) is 17.1 Å². The second-order valence-electron chi connectivity index (χ2n) is 3.59. The van der Waals surface area contributed by atoms with Gasteiger partial charge >= 0.3 is 0 Å². The molecule has 1 aliphatic heterocycles. The zero-order valence-corrected chi connectivity index (χ0v) is 10.7. The topological polar surface area (TPSA) is 38.0 Å². The number of para-hydroxylation sites is 1. The molecule has 3 rings (SSSR count). The van der Waals surface area contributed by atoms with Gasteiger partial charge in [-0.1, -0.05) is 39.8 Å². The van der Waals surface area contributed by atoms with E-state index in [1.807, 2.05) is 18.2 Å². The van der Waals surface area contributed by atoms with Gasteiger partial charge in [0.25, 0.3) is 0 Å². The zero-order chi connectivity index (χ0) is 11.1. The molecular weight excluding hydrogens is 284 g/mol. The molecule has 2 aromatic carbocycles. The molecule has 0 unspecified atom stereocenters. The summed E-state index contributed by atoms with van der Waals surface area (Å²) in [5.74, 6) is 0. The molecule has 0 spiro atoms. The molecule has 0 amide bonds. The minimum atomic E-state index is 0.770. The van der Waals surface area contributed by atoms with Crippen molar-refractivity contribution in [1.82, 2.24) is 0 Å². The van der Waals surface area contributed by atoms with E-state index in [1.165, 1.54) is 4.90 Å². The molecule has 2 nitrogen and oxygen atoms in total. The number of halogens is 1. The Morgan fingerprint density at radius 1 is 1.12 bits per heavy atom. The van der Waals surface area contributed by atoms with Crippen LogP contribution in [0.5, 0.6) is 0 Å². The summed E-state index contributed by atoms with van der Waals surface area (Å²) < 4.78 is 1.01. The van der Waals surface area contributed by atoms with E-state index in [-0.39, 0.29) is 0 Å². The molecule has 3 N–H and O–H groups in total. The fraction of sp³-hybridized carbons (Fsp3) is 0. The van der Waals surface area contributed by atoms with E-state index >= 15 is 0 Å². The third-order valence-electron chi connectivity index (χ3n) is 2.46. The van der Waals surface area contributed by atoms with Crippen LogP contribution >= 0.6 is 27.7 Å². The van der Waals surface area contributed by atoms with Crippen LogP contribution in [0.25, 0.3) is 0 Å². The molecule has 0 bridgehead atoms. The van der Waals surface area contributed by atoms with Crippen LogP contribution in [0.1, 0.15) is 0 Å². The summed E-state index contributed by atoms with van der Waals surface area (Å²) in [6.45, 7) is 0. The Kier molecular flexibility index (Phi) is 2.33. The highest BCUT2D eigenvalue weighted by Gasteiger charge is 2.17. The fourth-order valence-electron chi connectivity index (χ4n) is 1.73. The summed E-state index contributed by atoms with van der Waals surface area (Å²) in [5.41, 5.74) is 8.89. The highest BCUT2D eigenvalue weighted by molar-refractivity contribution is 9.10. The van der Waals surface area contributed by atoms with Crippen molar-refractivity contribution in [3.63, 3.8) is 0 Å². The van der Waals surface area contributed by atoms with Gasteiger partial charge < -0.3 is 11.1 Å². The first kappa shape index (κ1) is 10.1. The average Bonchev–Trinajstić information content (AvgIpc) is 2.27. The van der Waals surface area contributed by atoms with Crippen LogP contribution in [0, 0.1) is 0 Å². The van der Waals surface area contributed by atoms with Crippen molar-refractivity contribution in [2.45, 2.75) is 9.79 Å². The lowest BCUT2D eigenvalue weighted by atomic mass is 10.2. The van der Waals surface area contributed by atoms with Crippen LogP contribution in [-0.4, -0.2) is 0 Å². The average molecular weight is 293 g/mol. The molecule has 0 aliphatic carbocycles. The van der Waals surface area contributed by atoms with Crippen LogP contribution in [0.4, 0.5) is 17.1 Å². The number of benzene rings is 2. The number of rotatable bonds is 0. The Bertz CT molecular complexity index is 569. The van der Waals surface area contributed by atoms with Gasteiger partial charge in [-0.05, 0) is 24.3 Å². The van der Waals surface area contributed by atoms with Gasteiger partial charge in [-0.25, -0.2) is 0 Å². The first-order chi connectivity index (χ1) is 7.74. The third kappa shape index (κ3) is 1.58. The van der Waals surface area contributed by atoms with Crippen molar-refractivity contribution in [3.05, 3.63) is 40.9 Å². The van der Waals surface area contributed by atoms with Crippen LogP contribution in [0.2, 0.25) is 0 Å². The molecule has 1 aliphatic rings. The zero-order valence-electron chi connectivity index (χ0n) is 8.33. The lowest BCUT2D eigenvalue weighted by Crippen LogP contribution is -2.03. The summed E-state index contributed by atoms with van der Waals surface area (Å²) >= 11 is 5.20. The van der Waals surface area contributed by atoms with Crippen molar-refractivity contribution in [3.8, 4) is 0 Å². The predicted molar refractivity (Wildman–Crippen MR) is 72.4 cm³/mol. The molecule has 2 aromatic rings. The van der Waals surface area contributed by atoms with E-state index in [0.717, 1.165) is 26.4 Å². The van der Waals surface area contributed by atoms with E-state index in [2.05, 4.69) is 39.4 Å². The number of hydrogen-bond acceptors (Lipinski definition) is 3. The van der Waals surface area contributed by atoms with Crippen LogP contribution in [0.15, 0.2) is 50.7 Å². The first-order valence-corrected chi connectivity index (χ1v) is 6.48. The molecule has 16 heavy (non-hydrogen) atoms. The van der Waals surface area contributed by atoms with E-state index < -0.39 is 0 Å². The lowest BCUT2D eigenvalue weighted by molar-refractivity contribution is 1.31. The van der Waals surface area contributed by atoms with Gasteiger partial charge in [-0.15, -0.1) is 0 Å². The van der Waals surface area contributed by atoms with Gasteiger partial charge in [-0.3, -0.25) is 0 Å². The smallest absolute Gasteiger partial charge is 0.0760 e. The van der Waals surface area contributed by atoms with Gasteiger partial charge in [0.15, 0.2) is 0 Å². The van der Waals surface area contributed by atoms with E-state index in [0.29, 0.717) is 0 Å². The predicted octanol–water partition coefficient (Wildman–Crippen LogP) is 4.24. The molecule has 80 valence electrons. The second kappa shape index (κ2) is 3.71. The fourth-order valence-corrected chi connectivity index (χ4v) is 3.42. The molecular formula is C12H9BrN2S. The van der Waals surface area contributed by atoms with Crippen molar-refractivity contribution >= 4 is 44.8 Å².